The van der Waals surface area contributed by atoms with Crippen molar-refractivity contribution in [2.45, 2.75) is 33.1 Å². The molecule has 1 rings (SSSR count). The van der Waals surface area contributed by atoms with Crippen LogP contribution in [0, 0.1) is 5.92 Å². The van der Waals surface area contributed by atoms with Crippen LogP contribution in [-0.2, 0) is 19.2 Å². The number of hydrogen-bond acceptors (Lipinski definition) is 4. The highest BCUT2D eigenvalue weighted by atomic mass is 16.7. The van der Waals surface area contributed by atoms with E-state index in [4.69, 9.17) is 0 Å². The first-order chi connectivity index (χ1) is 6.52. The molecule has 1 aliphatic heterocycles. The average molecular weight is 199 g/mol. The standard InChI is InChI=1S/C9H13NO4/c1-6(2)9(13)14-10-7(11)4-3-5-8(10)12/h6H,3-5H2,1-2H3. The van der Waals surface area contributed by atoms with Crippen LogP contribution < -0.4 is 0 Å². The van der Waals surface area contributed by atoms with Gasteiger partial charge in [0.05, 0.1) is 5.92 Å². The van der Waals surface area contributed by atoms with Gasteiger partial charge in [-0.25, -0.2) is 4.79 Å². The minimum absolute atomic E-state index is 0.261. The molecule has 14 heavy (non-hydrogen) atoms. The van der Waals surface area contributed by atoms with Crippen molar-refractivity contribution in [3.8, 4) is 0 Å². The van der Waals surface area contributed by atoms with Gasteiger partial charge in [-0.2, -0.15) is 0 Å². The smallest absolute Gasteiger partial charge is 0.330 e. The van der Waals surface area contributed by atoms with E-state index in [1.165, 1.54) is 0 Å². The van der Waals surface area contributed by atoms with Crippen molar-refractivity contribution in [1.29, 1.82) is 0 Å². The van der Waals surface area contributed by atoms with Crippen molar-refractivity contribution in [3.63, 3.8) is 0 Å². The molecule has 1 heterocycles. The average Bonchev–Trinajstić information content (AvgIpc) is 2.11. The van der Waals surface area contributed by atoms with Gasteiger partial charge in [0, 0.05) is 12.8 Å². The molecule has 0 bridgehead atoms. The largest absolute Gasteiger partial charge is 0.335 e. The van der Waals surface area contributed by atoms with E-state index >= 15 is 0 Å². The molecule has 5 nitrogen and oxygen atoms in total. The zero-order valence-corrected chi connectivity index (χ0v) is 8.28. The summed E-state index contributed by atoms with van der Waals surface area (Å²) in [4.78, 5) is 38.2. The van der Waals surface area contributed by atoms with Crippen LogP contribution in [0.4, 0.5) is 0 Å². The summed E-state index contributed by atoms with van der Waals surface area (Å²) in [6, 6.07) is 0. The number of hydrogen-bond donors (Lipinski definition) is 0. The topological polar surface area (TPSA) is 63.7 Å². The summed E-state index contributed by atoms with van der Waals surface area (Å²) in [6.07, 6.45) is 1.06. The van der Waals surface area contributed by atoms with Crippen molar-refractivity contribution in [3.05, 3.63) is 0 Å². The molecule has 0 radical (unpaired) electrons. The second-order valence-corrected chi connectivity index (χ2v) is 3.50. The van der Waals surface area contributed by atoms with Crippen molar-refractivity contribution in [2.24, 2.45) is 5.92 Å². The van der Waals surface area contributed by atoms with Crippen LogP contribution in [0.25, 0.3) is 0 Å². The highest BCUT2D eigenvalue weighted by Gasteiger charge is 2.30. The van der Waals surface area contributed by atoms with Gasteiger partial charge in [0.2, 0.25) is 0 Å². The Labute approximate surface area is 82.0 Å². The molecule has 78 valence electrons. The number of amides is 2. The zero-order valence-electron chi connectivity index (χ0n) is 8.28. The Balaban J connectivity index is 2.61. The van der Waals surface area contributed by atoms with E-state index in [1.54, 1.807) is 13.8 Å². The molecular weight excluding hydrogens is 186 g/mol. The van der Waals surface area contributed by atoms with Crippen LogP contribution in [0.3, 0.4) is 0 Å². The molecule has 0 aromatic rings. The number of carbonyl (C=O) groups excluding carboxylic acids is 3. The van der Waals surface area contributed by atoms with E-state index < -0.39 is 17.8 Å². The molecule has 0 aromatic carbocycles. The summed E-state index contributed by atoms with van der Waals surface area (Å²) in [6.45, 7) is 3.28. The molecule has 0 aromatic heterocycles. The molecule has 0 saturated carbocycles. The Morgan fingerprint density at radius 3 is 2.21 bits per heavy atom. The van der Waals surface area contributed by atoms with E-state index in [0.29, 0.717) is 11.5 Å². The predicted molar refractivity (Wildman–Crippen MR) is 46.6 cm³/mol. The van der Waals surface area contributed by atoms with E-state index in [0.717, 1.165) is 0 Å². The zero-order chi connectivity index (χ0) is 10.7. The third-order valence-corrected chi connectivity index (χ3v) is 1.89. The first-order valence-corrected chi connectivity index (χ1v) is 4.60. The third kappa shape index (κ3) is 2.31. The van der Waals surface area contributed by atoms with Crippen molar-refractivity contribution < 1.29 is 19.2 Å². The van der Waals surface area contributed by atoms with Gasteiger partial charge in [0.15, 0.2) is 0 Å². The lowest BCUT2D eigenvalue weighted by Crippen LogP contribution is -2.42. The van der Waals surface area contributed by atoms with Gasteiger partial charge < -0.3 is 4.84 Å². The summed E-state index contributed by atoms with van der Waals surface area (Å²) >= 11 is 0. The molecule has 0 unspecified atom stereocenters. The van der Waals surface area contributed by atoms with Gasteiger partial charge >= 0.3 is 5.97 Å². The molecular formula is C9H13NO4. The summed E-state index contributed by atoms with van der Waals surface area (Å²) in [7, 11) is 0. The maximum Gasteiger partial charge on any atom is 0.335 e. The third-order valence-electron chi connectivity index (χ3n) is 1.89. The summed E-state index contributed by atoms with van der Waals surface area (Å²) in [5, 5.41) is 0.589. The summed E-state index contributed by atoms with van der Waals surface area (Å²) in [5.41, 5.74) is 0. The van der Waals surface area contributed by atoms with Crippen molar-refractivity contribution >= 4 is 17.8 Å². The maximum atomic E-state index is 11.2. The molecule has 5 heteroatoms. The van der Waals surface area contributed by atoms with Gasteiger partial charge in [0.25, 0.3) is 11.8 Å². The Morgan fingerprint density at radius 1 is 1.29 bits per heavy atom. The Bertz CT molecular complexity index is 256. The van der Waals surface area contributed by atoms with Gasteiger partial charge in [-0.05, 0) is 6.42 Å². The first kappa shape index (κ1) is 10.7. The second kappa shape index (κ2) is 4.21. The molecule has 0 spiro atoms. The molecule has 1 aliphatic rings. The minimum Gasteiger partial charge on any atom is -0.330 e. The fourth-order valence-corrected chi connectivity index (χ4v) is 1.03. The number of piperidine rings is 1. The molecule has 2 amide bonds. The molecule has 0 aliphatic carbocycles. The second-order valence-electron chi connectivity index (χ2n) is 3.50. The van der Waals surface area contributed by atoms with E-state index in [9.17, 15) is 14.4 Å². The number of hydroxylamine groups is 2. The van der Waals surface area contributed by atoms with Crippen LogP contribution in [-0.4, -0.2) is 22.8 Å². The highest BCUT2D eigenvalue weighted by molar-refractivity contribution is 5.97. The predicted octanol–water partition coefficient (Wildman–Crippen LogP) is 0.640. The monoisotopic (exact) mass is 199 g/mol. The summed E-state index contributed by atoms with van der Waals surface area (Å²) < 4.78 is 0. The van der Waals surface area contributed by atoms with Gasteiger partial charge in [-0.1, -0.05) is 13.8 Å². The van der Waals surface area contributed by atoms with Crippen LogP contribution in [0.2, 0.25) is 0 Å². The molecule has 1 fully saturated rings. The molecule has 0 atom stereocenters. The van der Waals surface area contributed by atoms with Gasteiger partial charge in [0.1, 0.15) is 0 Å². The Hall–Kier alpha value is -1.39. The van der Waals surface area contributed by atoms with Crippen LogP contribution in [0.1, 0.15) is 33.1 Å². The van der Waals surface area contributed by atoms with E-state index in [-0.39, 0.29) is 18.8 Å². The molecule has 1 saturated heterocycles. The lowest BCUT2D eigenvalue weighted by molar-refractivity contribution is -0.207. The minimum atomic E-state index is -0.561. The molecule has 0 N–H and O–H groups in total. The van der Waals surface area contributed by atoms with Gasteiger partial charge in [-0.3, -0.25) is 9.59 Å². The fraction of sp³-hybridized carbons (Fsp3) is 0.667. The van der Waals surface area contributed by atoms with E-state index in [2.05, 4.69) is 4.84 Å². The Kier molecular flexibility index (Phi) is 3.22. The lowest BCUT2D eigenvalue weighted by atomic mass is 10.1. The normalized spacial score (nSPS) is 17.5. The lowest BCUT2D eigenvalue weighted by Gasteiger charge is -2.23. The summed E-state index contributed by atoms with van der Waals surface area (Å²) in [5.74, 6) is -1.78. The van der Waals surface area contributed by atoms with Crippen LogP contribution in [0.15, 0.2) is 0 Å². The van der Waals surface area contributed by atoms with Crippen molar-refractivity contribution in [1.82, 2.24) is 5.06 Å². The fourth-order valence-electron chi connectivity index (χ4n) is 1.03. The number of nitrogens with zero attached hydrogens (tertiary/aromatic N) is 1. The van der Waals surface area contributed by atoms with E-state index in [1.807, 2.05) is 0 Å². The number of rotatable bonds is 2. The van der Waals surface area contributed by atoms with Crippen LogP contribution >= 0.6 is 0 Å². The maximum absolute atomic E-state index is 11.2. The number of carbonyl (C=O) groups is 3. The Morgan fingerprint density at radius 2 is 1.79 bits per heavy atom. The number of imide groups is 1. The first-order valence-electron chi connectivity index (χ1n) is 4.60. The van der Waals surface area contributed by atoms with Crippen LogP contribution in [0.5, 0.6) is 0 Å². The van der Waals surface area contributed by atoms with Gasteiger partial charge in [-0.15, -0.1) is 5.06 Å². The van der Waals surface area contributed by atoms with Crippen molar-refractivity contribution in [2.75, 3.05) is 0 Å². The highest BCUT2D eigenvalue weighted by Crippen LogP contribution is 2.13. The SMILES string of the molecule is CC(C)C(=O)ON1C(=O)CCCC1=O. The quantitative estimate of drug-likeness (QED) is 0.612.